The Balaban J connectivity index is 1.27. The van der Waals surface area contributed by atoms with Gasteiger partial charge in [0.15, 0.2) is 0 Å². The quantitative estimate of drug-likeness (QED) is 0.455. The second-order valence-electron chi connectivity index (χ2n) is 9.85. The lowest BCUT2D eigenvalue weighted by Gasteiger charge is -2.40. The van der Waals surface area contributed by atoms with Crippen molar-refractivity contribution in [3.05, 3.63) is 101 Å². The molecule has 2 saturated heterocycles. The number of hydrogen-bond acceptors (Lipinski definition) is 5. The van der Waals surface area contributed by atoms with Crippen molar-refractivity contribution in [2.75, 3.05) is 39.3 Å². The summed E-state index contributed by atoms with van der Waals surface area (Å²) >= 11 is 0. The van der Waals surface area contributed by atoms with E-state index in [0.717, 1.165) is 24.0 Å². The van der Waals surface area contributed by atoms with Gasteiger partial charge in [0.25, 0.3) is 5.91 Å². The zero-order valence-corrected chi connectivity index (χ0v) is 22.2. The second-order valence-corrected chi connectivity index (χ2v) is 11.6. The third-order valence-corrected chi connectivity index (χ3v) is 8.68. The molecule has 0 aromatic heterocycles. The van der Waals surface area contributed by atoms with Gasteiger partial charge in [-0.1, -0.05) is 30.3 Å². The van der Waals surface area contributed by atoms with Crippen LogP contribution in [-0.2, 0) is 14.8 Å². The minimum absolute atomic E-state index is 0.0395. The molecule has 0 saturated carbocycles. The first-order valence-electron chi connectivity index (χ1n) is 13.1. The topological polar surface area (TPSA) is 78.9 Å². The summed E-state index contributed by atoms with van der Waals surface area (Å²) in [5.41, 5.74) is 2.05. The summed E-state index contributed by atoms with van der Waals surface area (Å²) in [5, 5.41) is 0. The van der Waals surface area contributed by atoms with E-state index in [9.17, 15) is 22.0 Å². The van der Waals surface area contributed by atoms with E-state index in [1.165, 1.54) is 36.4 Å². The lowest BCUT2D eigenvalue weighted by atomic mass is 9.96. The number of sulfonamides is 1. The Morgan fingerprint density at radius 3 is 2.10 bits per heavy atom. The third-order valence-electron chi connectivity index (χ3n) is 7.25. The number of rotatable bonds is 8. The molecule has 2 fully saturated rings. The Morgan fingerprint density at radius 1 is 0.923 bits per heavy atom. The fourth-order valence-electron chi connectivity index (χ4n) is 5.16. The molecule has 2 aliphatic rings. The Hall–Kier alpha value is -3.18. The van der Waals surface area contributed by atoms with Gasteiger partial charge in [0.05, 0.1) is 17.0 Å². The fraction of sp³-hybridized carbons (Fsp3) is 0.345. The normalized spacial score (nSPS) is 18.5. The van der Waals surface area contributed by atoms with Crippen LogP contribution in [0.4, 0.5) is 8.78 Å². The van der Waals surface area contributed by atoms with E-state index in [0.29, 0.717) is 38.3 Å². The molecule has 0 aliphatic carbocycles. The van der Waals surface area contributed by atoms with E-state index < -0.39 is 10.0 Å². The minimum atomic E-state index is -3.78. The van der Waals surface area contributed by atoms with Gasteiger partial charge in [-0.05, 0) is 66.4 Å². The van der Waals surface area contributed by atoms with E-state index >= 15 is 0 Å². The average molecular weight is 556 g/mol. The van der Waals surface area contributed by atoms with E-state index in [4.69, 9.17) is 4.74 Å². The van der Waals surface area contributed by atoms with Gasteiger partial charge in [0.2, 0.25) is 10.0 Å². The molecule has 0 bridgehead atoms. The highest BCUT2D eigenvalue weighted by molar-refractivity contribution is 7.89. The monoisotopic (exact) mass is 555 g/mol. The molecule has 5 rings (SSSR count). The van der Waals surface area contributed by atoms with Crippen molar-refractivity contribution in [1.29, 1.82) is 0 Å². The molecule has 0 unspecified atom stereocenters. The van der Waals surface area contributed by atoms with Crippen LogP contribution < -0.4 is 4.72 Å². The third kappa shape index (κ3) is 6.52. The summed E-state index contributed by atoms with van der Waals surface area (Å²) in [6.45, 7) is 2.75. The Morgan fingerprint density at radius 2 is 1.54 bits per heavy atom. The van der Waals surface area contributed by atoms with Crippen LogP contribution in [0.5, 0.6) is 0 Å². The van der Waals surface area contributed by atoms with Crippen molar-refractivity contribution >= 4 is 15.9 Å². The molecule has 3 aromatic carbocycles. The molecule has 10 heteroatoms. The fourth-order valence-corrected chi connectivity index (χ4v) is 6.27. The van der Waals surface area contributed by atoms with Crippen LogP contribution in [0.15, 0.2) is 77.7 Å². The molecule has 2 aliphatic heterocycles. The van der Waals surface area contributed by atoms with Gasteiger partial charge in [-0.3, -0.25) is 9.69 Å². The summed E-state index contributed by atoms with van der Waals surface area (Å²) in [7, 11) is -3.78. The van der Waals surface area contributed by atoms with Crippen molar-refractivity contribution in [3.63, 3.8) is 0 Å². The predicted molar refractivity (Wildman–Crippen MR) is 143 cm³/mol. The van der Waals surface area contributed by atoms with Crippen LogP contribution in [0.1, 0.15) is 40.4 Å². The van der Waals surface area contributed by atoms with Crippen LogP contribution in [-0.4, -0.2) is 69.6 Å². The maximum atomic E-state index is 13.6. The highest BCUT2D eigenvalue weighted by Crippen LogP contribution is 2.30. The summed E-state index contributed by atoms with van der Waals surface area (Å²) in [4.78, 5) is 17.2. The molecule has 0 radical (unpaired) electrons. The number of benzene rings is 3. The van der Waals surface area contributed by atoms with Gasteiger partial charge in [-0.2, -0.15) is 0 Å². The summed E-state index contributed by atoms with van der Waals surface area (Å²) in [6, 6.07) is 18.4. The van der Waals surface area contributed by atoms with Gasteiger partial charge in [-0.25, -0.2) is 21.9 Å². The van der Waals surface area contributed by atoms with Crippen molar-refractivity contribution in [2.24, 2.45) is 0 Å². The number of carbonyl (C=O) groups excluding carboxylic acids is 1. The second kappa shape index (κ2) is 11.9. The molecule has 0 spiro atoms. The predicted octanol–water partition coefficient (Wildman–Crippen LogP) is 3.97. The SMILES string of the molecule is O=C(c1cccc(S(=O)(=O)NC[C@@H]2CCCO2)c1)N1CCN(C(c2ccc(F)cc2)c2ccc(F)cc2)CC1. The first kappa shape index (κ1) is 27.4. The summed E-state index contributed by atoms with van der Waals surface area (Å²) in [6.07, 6.45) is 1.60. The Bertz CT molecular complexity index is 1340. The van der Waals surface area contributed by atoms with E-state index in [2.05, 4.69) is 9.62 Å². The first-order valence-corrected chi connectivity index (χ1v) is 14.5. The van der Waals surface area contributed by atoms with Crippen LogP contribution in [0, 0.1) is 11.6 Å². The molecule has 2 heterocycles. The number of amides is 1. The van der Waals surface area contributed by atoms with Crippen LogP contribution in [0.25, 0.3) is 0 Å². The lowest BCUT2D eigenvalue weighted by molar-refractivity contribution is 0.0597. The standard InChI is InChI=1S/C29H31F2N3O4S/c30-24-10-6-21(7-11-24)28(22-8-12-25(31)13-9-22)33-14-16-34(17-15-33)29(35)23-3-1-5-27(19-23)39(36,37)32-20-26-4-2-18-38-26/h1,3,5-13,19,26,28,32H,2,4,14-18,20H2/t26-/m0/s1. The molecule has 206 valence electrons. The molecule has 3 aromatic rings. The number of nitrogens with one attached hydrogen (secondary N) is 1. The Kier molecular flexibility index (Phi) is 8.37. The summed E-state index contributed by atoms with van der Waals surface area (Å²) < 4.78 is 60.9. The molecule has 1 N–H and O–H groups in total. The van der Waals surface area contributed by atoms with Crippen molar-refractivity contribution < 1.29 is 26.7 Å². The highest BCUT2D eigenvalue weighted by atomic mass is 32.2. The number of halogens is 2. The summed E-state index contributed by atoms with van der Waals surface area (Å²) in [5.74, 6) is -0.914. The number of piperazine rings is 1. The zero-order chi connectivity index (χ0) is 27.4. The van der Waals surface area contributed by atoms with Gasteiger partial charge < -0.3 is 9.64 Å². The Labute approximate surface area is 227 Å². The van der Waals surface area contributed by atoms with E-state index in [-0.39, 0.29) is 41.1 Å². The van der Waals surface area contributed by atoms with Gasteiger partial charge in [-0.15, -0.1) is 0 Å². The largest absolute Gasteiger partial charge is 0.377 e. The van der Waals surface area contributed by atoms with E-state index in [1.54, 1.807) is 41.3 Å². The highest BCUT2D eigenvalue weighted by Gasteiger charge is 2.29. The number of ether oxygens (including phenoxy) is 1. The molecule has 1 atom stereocenters. The molecular weight excluding hydrogens is 524 g/mol. The van der Waals surface area contributed by atoms with Gasteiger partial charge in [0, 0.05) is 44.9 Å². The minimum Gasteiger partial charge on any atom is -0.377 e. The smallest absolute Gasteiger partial charge is 0.253 e. The number of hydrogen-bond donors (Lipinski definition) is 1. The first-order chi connectivity index (χ1) is 18.8. The molecular formula is C29H31F2N3O4S. The van der Waals surface area contributed by atoms with Gasteiger partial charge in [0.1, 0.15) is 11.6 Å². The van der Waals surface area contributed by atoms with Crippen LogP contribution in [0.2, 0.25) is 0 Å². The van der Waals surface area contributed by atoms with Crippen LogP contribution >= 0.6 is 0 Å². The molecule has 7 nitrogen and oxygen atoms in total. The maximum absolute atomic E-state index is 13.6. The number of carbonyl (C=O) groups is 1. The van der Waals surface area contributed by atoms with Gasteiger partial charge >= 0.3 is 0 Å². The van der Waals surface area contributed by atoms with E-state index in [1.807, 2.05) is 0 Å². The maximum Gasteiger partial charge on any atom is 0.253 e. The average Bonchev–Trinajstić information content (AvgIpc) is 3.48. The zero-order valence-electron chi connectivity index (χ0n) is 21.4. The number of nitrogens with zero attached hydrogens (tertiary/aromatic N) is 2. The lowest BCUT2D eigenvalue weighted by Crippen LogP contribution is -2.49. The van der Waals surface area contributed by atoms with Crippen LogP contribution in [0.3, 0.4) is 0 Å². The van der Waals surface area contributed by atoms with Crippen molar-refractivity contribution in [2.45, 2.75) is 29.9 Å². The van der Waals surface area contributed by atoms with Crippen molar-refractivity contribution in [3.8, 4) is 0 Å². The molecule has 39 heavy (non-hydrogen) atoms. The van der Waals surface area contributed by atoms with Crippen molar-refractivity contribution in [1.82, 2.24) is 14.5 Å². The molecule has 1 amide bonds.